The van der Waals surface area contributed by atoms with Crippen molar-refractivity contribution in [1.82, 2.24) is 4.90 Å². The highest BCUT2D eigenvalue weighted by molar-refractivity contribution is 5.77. The first-order valence-electron chi connectivity index (χ1n) is 18.1. The Kier molecular flexibility index (Phi) is 13.3. The Hall–Kier alpha value is -3.19. The molecule has 0 aliphatic heterocycles. The van der Waals surface area contributed by atoms with Gasteiger partial charge in [0.1, 0.15) is 12.4 Å². The molecule has 0 radical (unpaired) electrons. The van der Waals surface area contributed by atoms with Crippen molar-refractivity contribution in [3.63, 3.8) is 0 Å². The first kappa shape index (κ1) is 35.1. The second-order valence-corrected chi connectivity index (χ2v) is 14.0. The lowest BCUT2D eigenvalue weighted by Gasteiger charge is -2.34. The van der Waals surface area contributed by atoms with Crippen LogP contribution in [0.2, 0.25) is 0 Å². The van der Waals surface area contributed by atoms with Crippen LogP contribution < -0.4 is 4.74 Å². The number of carbonyl (C=O) groups is 1. The molecular weight excluding hydrogens is 586 g/mol. The van der Waals surface area contributed by atoms with E-state index in [1.54, 1.807) is 0 Å². The molecule has 1 amide bonds. The second-order valence-electron chi connectivity index (χ2n) is 14.0. The molecule has 0 spiro atoms. The maximum atomic E-state index is 14.1. The van der Waals surface area contributed by atoms with Crippen molar-refractivity contribution in [2.75, 3.05) is 0 Å². The molecule has 2 aliphatic carbocycles. The Morgan fingerprint density at radius 1 is 0.894 bits per heavy atom. The van der Waals surface area contributed by atoms with E-state index in [2.05, 4.69) is 6.92 Å². The summed E-state index contributed by atoms with van der Waals surface area (Å²) in [5.74, 6) is 1.25. The monoisotopic (exact) mass is 641 g/mol. The summed E-state index contributed by atoms with van der Waals surface area (Å²) in [6.07, 6.45) is 9.71. The van der Waals surface area contributed by atoms with Crippen molar-refractivity contribution in [1.29, 1.82) is 0 Å². The third-order valence-corrected chi connectivity index (χ3v) is 10.4. The molecule has 3 aromatic rings. The van der Waals surface area contributed by atoms with E-state index in [0.717, 1.165) is 53.7 Å². The Labute approximate surface area is 281 Å². The minimum absolute atomic E-state index is 0.0209. The molecule has 2 aliphatic rings. The van der Waals surface area contributed by atoms with E-state index in [-0.39, 0.29) is 18.2 Å². The fourth-order valence-electron chi connectivity index (χ4n) is 7.72. The van der Waals surface area contributed by atoms with E-state index in [1.165, 1.54) is 32.1 Å². The van der Waals surface area contributed by atoms with Crippen LogP contribution in [-0.2, 0) is 24.4 Å². The van der Waals surface area contributed by atoms with Crippen LogP contribution in [0.5, 0.6) is 5.75 Å². The molecule has 0 saturated heterocycles. The van der Waals surface area contributed by atoms with Gasteiger partial charge in [-0.05, 0) is 71.9 Å². The molecule has 3 aromatic carbocycles. The largest absolute Gasteiger partial charge is 0.489 e. The normalized spacial score (nSPS) is 19.9. The van der Waals surface area contributed by atoms with E-state index < -0.39 is 24.4 Å². The number of aliphatic hydroxyl groups excluding tert-OH is 3. The summed E-state index contributed by atoms with van der Waals surface area (Å²) in [4.78, 5) is 15.9. The Bertz CT molecular complexity index is 1360. The first-order chi connectivity index (χ1) is 22.9. The van der Waals surface area contributed by atoms with Crippen LogP contribution in [-0.4, -0.2) is 44.4 Å². The van der Waals surface area contributed by atoms with Crippen LogP contribution in [0.15, 0.2) is 78.9 Å². The van der Waals surface area contributed by atoms with Gasteiger partial charge in [0, 0.05) is 19.4 Å². The van der Waals surface area contributed by atoms with Crippen molar-refractivity contribution in [2.24, 2.45) is 11.8 Å². The zero-order valence-electron chi connectivity index (χ0n) is 28.2. The SMILES string of the molecule is CCCCC(O)C[C@@H](CC1CCCCC1)[C@@H](O)CCC(=O)N(Cc1ccc(OCc2ccccc2)cc1)[C@H]1c2ccccc2C[C@H]1O. The number of carbonyl (C=O) groups excluding carboxylic acids is 1. The van der Waals surface area contributed by atoms with Gasteiger partial charge >= 0.3 is 0 Å². The van der Waals surface area contributed by atoms with Gasteiger partial charge in [-0.1, -0.05) is 119 Å². The third-order valence-electron chi connectivity index (χ3n) is 10.4. The molecular formula is C41H55NO5. The van der Waals surface area contributed by atoms with Gasteiger partial charge in [-0.3, -0.25) is 4.79 Å². The maximum absolute atomic E-state index is 14.1. The Morgan fingerprint density at radius 2 is 1.62 bits per heavy atom. The predicted molar refractivity (Wildman–Crippen MR) is 187 cm³/mol. The van der Waals surface area contributed by atoms with Gasteiger partial charge in [0.2, 0.25) is 5.91 Å². The van der Waals surface area contributed by atoms with Crippen LogP contribution in [0.4, 0.5) is 0 Å². The van der Waals surface area contributed by atoms with Gasteiger partial charge in [-0.15, -0.1) is 0 Å². The van der Waals surface area contributed by atoms with Crippen LogP contribution in [0, 0.1) is 11.8 Å². The molecule has 3 N–H and O–H groups in total. The summed E-state index contributed by atoms with van der Waals surface area (Å²) < 4.78 is 5.99. The fraction of sp³-hybridized carbons (Fsp3) is 0.537. The molecule has 5 atom stereocenters. The first-order valence-corrected chi connectivity index (χ1v) is 18.1. The molecule has 0 heterocycles. The van der Waals surface area contributed by atoms with Crippen LogP contribution in [0.25, 0.3) is 0 Å². The lowest BCUT2D eigenvalue weighted by Crippen LogP contribution is -2.39. The Balaban J connectivity index is 1.28. The van der Waals surface area contributed by atoms with Gasteiger partial charge in [-0.2, -0.15) is 0 Å². The molecule has 6 heteroatoms. The summed E-state index contributed by atoms with van der Waals surface area (Å²) in [6.45, 7) is 2.97. The molecule has 6 nitrogen and oxygen atoms in total. The standard InChI is InChI=1S/C41H55NO5/c1-2-3-17-35(43)26-34(25-30-12-6-4-7-13-30)38(44)23-24-40(46)42(41-37-18-11-10-16-33(37)27-39(41)45)28-31-19-21-36(22-20-31)47-29-32-14-8-5-9-15-32/h5,8-11,14-16,18-22,30,34-35,38-39,41,43-45H,2-4,6-7,12-13,17,23-29H2,1H3/t34-,35?,38+,39-,41+/m1/s1. The zero-order chi connectivity index (χ0) is 33.0. The van der Waals surface area contributed by atoms with Gasteiger partial charge in [0.25, 0.3) is 0 Å². The van der Waals surface area contributed by atoms with Gasteiger partial charge in [0.05, 0.1) is 24.4 Å². The van der Waals surface area contributed by atoms with E-state index in [0.29, 0.717) is 38.3 Å². The number of aliphatic hydroxyl groups is 3. The molecule has 5 rings (SSSR count). The summed E-state index contributed by atoms with van der Waals surface area (Å²) in [6, 6.07) is 25.4. The van der Waals surface area contributed by atoms with E-state index in [9.17, 15) is 20.1 Å². The van der Waals surface area contributed by atoms with Gasteiger partial charge < -0.3 is 25.0 Å². The van der Waals surface area contributed by atoms with Crippen LogP contribution in [0.1, 0.15) is 112 Å². The average Bonchev–Trinajstić information content (AvgIpc) is 3.44. The number of rotatable bonds is 17. The van der Waals surface area contributed by atoms with E-state index in [4.69, 9.17) is 4.74 Å². The lowest BCUT2D eigenvalue weighted by atomic mass is 9.78. The summed E-state index contributed by atoms with van der Waals surface area (Å²) in [5.41, 5.74) is 4.12. The number of hydrogen-bond donors (Lipinski definition) is 3. The number of amides is 1. The maximum Gasteiger partial charge on any atom is 0.223 e. The highest BCUT2D eigenvalue weighted by atomic mass is 16.5. The number of nitrogens with zero attached hydrogens (tertiary/aromatic N) is 1. The summed E-state index contributed by atoms with van der Waals surface area (Å²) in [5, 5.41) is 33.6. The van der Waals surface area contributed by atoms with Crippen molar-refractivity contribution in [3.05, 3.63) is 101 Å². The van der Waals surface area contributed by atoms with Crippen molar-refractivity contribution < 1.29 is 24.9 Å². The average molecular weight is 642 g/mol. The Morgan fingerprint density at radius 3 is 2.36 bits per heavy atom. The van der Waals surface area contributed by atoms with Crippen molar-refractivity contribution >= 4 is 5.91 Å². The molecule has 1 unspecified atom stereocenters. The fourth-order valence-corrected chi connectivity index (χ4v) is 7.72. The lowest BCUT2D eigenvalue weighted by molar-refractivity contribution is -0.137. The topological polar surface area (TPSA) is 90.2 Å². The minimum Gasteiger partial charge on any atom is -0.489 e. The predicted octanol–water partition coefficient (Wildman–Crippen LogP) is 7.92. The number of hydrogen-bond acceptors (Lipinski definition) is 5. The number of fused-ring (bicyclic) bond motifs is 1. The second kappa shape index (κ2) is 17.8. The van der Waals surface area contributed by atoms with Gasteiger partial charge in [0.15, 0.2) is 0 Å². The summed E-state index contributed by atoms with van der Waals surface area (Å²) >= 11 is 0. The zero-order valence-corrected chi connectivity index (χ0v) is 28.2. The third kappa shape index (κ3) is 10.2. The molecule has 254 valence electrons. The van der Waals surface area contributed by atoms with Gasteiger partial charge in [-0.25, -0.2) is 0 Å². The highest BCUT2D eigenvalue weighted by Crippen LogP contribution is 2.38. The molecule has 1 fully saturated rings. The van der Waals surface area contributed by atoms with E-state index in [1.807, 2.05) is 83.8 Å². The highest BCUT2D eigenvalue weighted by Gasteiger charge is 2.38. The minimum atomic E-state index is -0.692. The van der Waals surface area contributed by atoms with Crippen molar-refractivity contribution in [3.8, 4) is 5.75 Å². The smallest absolute Gasteiger partial charge is 0.223 e. The van der Waals surface area contributed by atoms with Crippen LogP contribution >= 0.6 is 0 Å². The van der Waals surface area contributed by atoms with Crippen molar-refractivity contribution in [2.45, 2.75) is 128 Å². The number of unbranched alkanes of at least 4 members (excludes halogenated alkanes) is 1. The molecule has 0 bridgehead atoms. The molecule has 47 heavy (non-hydrogen) atoms. The molecule has 1 saturated carbocycles. The quantitative estimate of drug-likeness (QED) is 0.139. The molecule has 0 aromatic heterocycles. The van der Waals surface area contributed by atoms with E-state index >= 15 is 0 Å². The number of benzene rings is 3. The number of ether oxygens (including phenoxy) is 1. The summed E-state index contributed by atoms with van der Waals surface area (Å²) in [7, 11) is 0. The van der Waals surface area contributed by atoms with Crippen LogP contribution in [0.3, 0.4) is 0 Å².